The monoisotopic (exact) mass is 242 g/mol. The van der Waals surface area contributed by atoms with Crippen LogP contribution in [0.5, 0.6) is 0 Å². The molecule has 4 heteroatoms. The van der Waals surface area contributed by atoms with E-state index < -0.39 is 11.9 Å². The van der Waals surface area contributed by atoms with E-state index in [1.807, 2.05) is 0 Å². The first-order chi connectivity index (χ1) is 8.21. The zero-order valence-corrected chi connectivity index (χ0v) is 10.4. The van der Waals surface area contributed by atoms with Gasteiger partial charge in [0.1, 0.15) is 5.60 Å². The van der Waals surface area contributed by atoms with Crippen LogP contribution in [-0.4, -0.2) is 36.5 Å². The lowest BCUT2D eigenvalue weighted by Gasteiger charge is -2.27. The van der Waals surface area contributed by atoms with Gasteiger partial charge in [0.15, 0.2) is 12.6 Å². The van der Waals surface area contributed by atoms with Gasteiger partial charge in [-0.2, -0.15) is 0 Å². The van der Waals surface area contributed by atoms with Crippen molar-refractivity contribution in [3.8, 4) is 0 Å². The first-order valence-corrected chi connectivity index (χ1v) is 6.77. The van der Waals surface area contributed by atoms with Gasteiger partial charge in [-0.25, -0.2) is 0 Å². The van der Waals surface area contributed by atoms with Crippen molar-refractivity contribution >= 4 is 0 Å². The SMILES string of the molecule is COC1C[C@]2(O)C[C@@H](C3CCCCC3)O[C@@H]2O1. The highest BCUT2D eigenvalue weighted by Crippen LogP contribution is 2.45. The fraction of sp³-hybridized carbons (Fsp3) is 1.00. The van der Waals surface area contributed by atoms with Crippen molar-refractivity contribution in [2.24, 2.45) is 5.92 Å². The lowest BCUT2D eigenvalue weighted by Crippen LogP contribution is -2.33. The zero-order chi connectivity index (χ0) is 11.9. The first-order valence-electron chi connectivity index (χ1n) is 6.77. The summed E-state index contributed by atoms with van der Waals surface area (Å²) in [6.45, 7) is 0. The number of rotatable bonds is 2. The summed E-state index contributed by atoms with van der Waals surface area (Å²) in [4.78, 5) is 0. The topological polar surface area (TPSA) is 47.9 Å². The van der Waals surface area contributed by atoms with E-state index in [2.05, 4.69) is 0 Å². The molecule has 0 amide bonds. The van der Waals surface area contributed by atoms with Crippen LogP contribution >= 0.6 is 0 Å². The van der Waals surface area contributed by atoms with Gasteiger partial charge in [-0.05, 0) is 18.8 Å². The highest BCUT2D eigenvalue weighted by molar-refractivity contribution is 4.98. The summed E-state index contributed by atoms with van der Waals surface area (Å²) in [5, 5.41) is 10.5. The minimum Gasteiger partial charge on any atom is -0.384 e. The molecule has 1 unspecified atom stereocenters. The molecular weight excluding hydrogens is 220 g/mol. The summed E-state index contributed by atoms with van der Waals surface area (Å²) in [7, 11) is 1.60. The second kappa shape index (κ2) is 4.50. The van der Waals surface area contributed by atoms with Gasteiger partial charge in [0.25, 0.3) is 0 Å². The van der Waals surface area contributed by atoms with Crippen molar-refractivity contribution in [1.82, 2.24) is 0 Å². The molecule has 0 aromatic heterocycles. The fourth-order valence-corrected chi connectivity index (χ4v) is 3.51. The van der Waals surface area contributed by atoms with Crippen molar-refractivity contribution in [3.63, 3.8) is 0 Å². The van der Waals surface area contributed by atoms with Gasteiger partial charge in [-0.1, -0.05) is 19.3 Å². The molecule has 0 aromatic rings. The van der Waals surface area contributed by atoms with Crippen LogP contribution in [0.3, 0.4) is 0 Å². The molecule has 2 heterocycles. The zero-order valence-electron chi connectivity index (χ0n) is 10.4. The van der Waals surface area contributed by atoms with Crippen LogP contribution in [-0.2, 0) is 14.2 Å². The first kappa shape index (κ1) is 11.9. The molecule has 2 saturated heterocycles. The predicted octanol–water partition coefficient (Wildman–Crippen LogP) is 1.81. The molecule has 0 aromatic carbocycles. The number of aliphatic hydroxyl groups is 1. The quantitative estimate of drug-likeness (QED) is 0.802. The molecule has 2 aliphatic heterocycles. The Balaban J connectivity index is 1.62. The Hall–Kier alpha value is -0.160. The maximum Gasteiger partial charge on any atom is 0.189 e. The third-order valence-corrected chi connectivity index (χ3v) is 4.53. The molecular formula is C13H22O4. The number of hydrogen-bond acceptors (Lipinski definition) is 4. The van der Waals surface area contributed by atoms with Gasteiger partial charge in [-0.15, -0.1) is 0 Å². The van der Waals surface area contributed by atoms with Crippen LogP contribution in [0, 0.1) is 5.92 Å². The van der Waals surface area contributed by atoms with Gasteiger partial charge in [0.05, 0.1) is 6.10 Å². The lowest BCUT2D eigenvalue weighted by atomic mass is 9.82. The molecule has 4 atom stereocenters. The van der Waals surface area contributed by atoms with Crippen molar-refractivity contribution in [2.45, 2.75) is 69.2 Å². The van der Waals surface area contributed by atoms with Crippen LogP contribution in [0.2, 0.25) is 0 Å². The van der Waals surface area contributed by atoms with Gasteiger partial charge >= 0.3 is 0 Å². The molecule has 0 spiro atoms. The van der Waals surface area contributed by atoms with Crippen LogP contribution in [0.1, 0.15) is 44.9 Å². The average Bonchev–Trinajstić information content (AvgIpc) is 2.81. The smallest absolute Gasteiger partial charge is 0.189 e. The van der Waals surface area contributed by atoms with Gasteiger partial charge in [-0.3, -0.25) is 0 Å². The second-order valence-corrected chi connectivity index (χ2v) is 5.72. The largest absolute Gasteiger partial charge is 0.384 e. The number of ether oxygens (including phenoxy) is 3. The van der Waals surface area contributed by atoms with Gasteiger partial charge < -0.3 is 19.3 Å². The van der Waals surface area contributed by atoms with E-state index >= 15 is 0 Å². The molecule has 3 aliphatic rings. The van der Waals surface area contributed by atoms with Gasteiger partial charge in [0.2, 0.25) is 0 Å². The maximum absolute atomic E-state index is 10.5. The fourth-order valence-electron chi connectivity index (χ4n) is 3.51. The van der Waals surface area contributed by atoms with Crippen molar-refractivity contribution in [2.75, 3.05) is 7.11 Å². The average molecular weight is 242 g/mol. The van der Waals surface area contributed by atoms with Crippen molar-refractivity contribution in [3.05, 3.63) is 0 Å². The Morgan fingerprint density at radius 3 is 2.53 bits per heavy atom. The molecule has 98 valence electrons. The van der Waals surface area contributed by atoms with E-state index in [9.17, 15) is 5.11 Å². The molecule has 3 fully saturated rings. The third kappa shape index (κ3) is 2.12. The summed E-state index contributed by atoms with van der Waals surface area (Å²) < 4.78 is 16.6. The van der Waals surface area contributed by atoms with Crippen LogP contribution in [0.25, 0.3) is 0 Å². The summed E-state index contributed by atoms with van der Waals surface area (Å²) in [6.07, 6.45) is 7.07. The van der Waals surface area contributed by atoms with Crippen LogP contribution in [0.4, 0.5) is 0 Å². The van der Waals surface area contributed by atoms with Crippen LogP contribution in [0.15, 0.2) is 0 Å². The summed E-state index contributed by atoms with van der Waals surface area (Å²) in [6, 6.07) is 0. The van der Waals surface area contributed by atoms with Gasteiger partial charge in [0, 0.05) is 20.0 Å². The Labute approximate surface area is 102 Å². The third-order valence-electron chi connectivity index (χ3n) is 4.53. The van der Waals surface area contributed by atoms with Crippen molar-refractivity contribution < 1.29 is 19.3 Å². The van der Waals surface area contributed by atoms with E-state index in [0.29, 0.717) is 18.8 Å². The normalized spacial score (nSPS) is 47.3. The highest BCUT2D eigenvalue weighted by atomic mass is 16.8. The molecule has 3 rings (SSSR count). The molecule has 4 nitrogen and oxygen atoms in total. The van der Waals surface area contributed by atoms with E-state index in [1.54, 1.807) is 7.11 Å². The van der Waals surface area contributed by atoms with E-state index in [-0.39, 0.29) is 12.4 Å². The van der Waals surface area contributed by atoms with E-state index in [0.717, 1.165) is 0 Å². The molecule has 0 radical (unpaired) electrons. The Kier molecular flexibility index (Phi) is 3.15. The summed E-state index contributed by atoms with van der Waals surface area (Å²) in [5.41, 5.74) is -0.817. The molecule has 0 bridgehead atoms. The minimum atomic E-state index is -0.817. The Morgan fingerprint density at radius 2 is 1.88 bits per heavy atom. The summed E-state index contributed by atoms with van der Waals surface area (Å²) >= 11 is 0. The maximum atomic E-state index is 10.5. The van der Waals surface area contributed by atoms with Crippen molar-refractivity contribution in [1.29, 1.82) is 0 Å². The van der Waals surface area contributed by atoms with Crippen LogP contribution < -0.4 is 0 Å². The standard InChI is InChI=1S/C13H22O4/c1-15-11-8-13(14)7-10(16-12(13)17-11)9-5-3-2-4-6-9/h9-12,14H,2-8H2,1H3/t10-,11?,12+,13+/m0/s1. The second-order valence-electron chi connectivity index (χ2n) is 5.72. The number of methoxy groups -OCH3 is 1. The van der Waals surface area contributed by atoms with E-state index in [1.165, 1.54) is 32.1 Å². The predicted molar refractivity (Wildman–Crippen MR) is 61.3 cm³/mol. The molecule has 1 aliphatic carbocycles. The molecule has 1 N–H and O–H groups in total. The minimum absolute atomic E-state index is 0.183. The van der Waals surface area contributed by atoms with E-state index in [4.69, 9.17) is 14.2 Å². The Bertz CT molecular complexity index is 277. The lowest BCUT2D eigenvalue weighted by molar-refractivity contribution is -0.215. The Morgan fingerprint density at radius 1 is 1.12 bits per heavy atom. The number of fused-ring (bicyclic) bond motifs is 1. The number of hydrogen-bond donors (Lipinski definition) is 1. The highest BCUT2D eigenvalue weighted by Gasteiger charge is 2.56. The molecule has 1 saturated carbocycles. The molecule has 17 heavy (non-hydrogen) atoms. The summed E-state index contributed by atoms with van der Waals surface area (Å²) in [5.74, 6) is 0.614.